The van der Waals surface area contributed by atoms with Crippen LogP contribution in [-0.4, -0.2) is 44.8 Å². The summed E-state index contributed by atoms with van der Waals surface area (Å²) < 4.78 is 5.53. The summed E-state index contributed by atoms with van der Waals surface area (Å²) in [5, 5.41) is 7.25. The van der Waals surface area contributed by atoms with Crippen LogP contribution >= 0.6 is 11.3 Å². The molecule has 108 valence electrons. The Labute approximate surface area is 122 Å². The molecule has 0 amide bonds. The molecule has 1 aliphatic heterocycles. The van der Waals surface area contributed by atoms with Gasteiger partial charge in [0.2, 0.25) is 0 Å². The number of thiazole rings is 1. The molecule has 7 heteroatoms. The Morgan fingerprint density at radius 2 is 2.35 bits per heavy atom. The molecule has 3 rings (SSSR count). The molecule has 3 heterocycles. The van der Waals surface area contributed by atoms with Crippen molar-refractivity contribution >= 4 is 11.3 Å². The lowest BCUT2D eigenvalue weighted by atomic mass is 10.2. The van der Waals surface area contributed by atoms with Gasteiger partial charge in [0, 0.05) is 25.1 Å². The van der Waals surface area contributed by atoms with Crippen molar-refractivity contribution in [1.29, 1.82) is 0 Å². The smallest absolute Gasteiger partial charge is 0.167 e. The highest BCUT2D eigenvalue weighted by atomic mass is 32.1. The number of aromatic nitrogens is 4. The van der Waals surface area contributed by atoms with Gasteiger partial charge in [-0.2, -0.15) is 5.10 Å². The third kappa shape index (κ3) is 2.61. The van der Waals surface area contributed by atoms with Crippen LogP contribution in [0.3, 0.4) is 0 Å². The van der Waals surface area contributed by atoms with Crippen molar-refractivity contribution in [2.45, 2.75) is 39.0 Å². The lowest BCUT2D eigenvalue weighted by Crippen LogP contribution is -2.25. The van der Waals surface area contributed by atoms with E-state index < -0.39 is 0 Å². The van der Waals surface area contributed by atoms with Crippen molar-refractivity contribution in [3.8, 4) is 0 Å². The van der Waals surface area contributed by atoms with Crippen LogP contribution in [0.15, 0.2) is 5.51 Å². The summed E-state index contributed by atoms with van der Waals surface area (Å²) in [5.74, 6) is 1.72. The highest BCUT2D eigenvalue weighted by molar-refractivity contribution is 7.09. The average molecular weight is 293 g/mol. The minimum atomic E-state index is 0.214. The Hall–Kier alpha value is -1.31. The molecule has 2 aromatic heterocycles. The molecule has 1 fully saturated rings. The van der Waals surface area contributed by atoms with Crippen molar-refractivity contribution < 1.29 is 4.74 Å². The molecule has 0 saturated carbocycles. The van der Waals surface area contributed by atoms with Gasteiger partial charge in [-0.15, -0.1) is 11.3 Å². The van der Waals surface area contributed by atoms with Crippen molar-refractivity contribution in [3.05, 3.63) is 27.7 Å². The van der Waals surface area contributed by atoms with E-state index in [4.69, 9.17) is 4.74 Å². The van der Waals surface area contributed by atoms with Gasteiger partial charge in [0.1, 0.15) is 5.82 Å². The van der Waals surface area contributed by atoms with Gasteiger partial charge < -0.3 is 4.74 Å². The molecule has 2 aromatic rings. The first-order valence-electron chi connectivity index (χ1n) is 6.72. The van der Waals surface area contributed by atoms with Crippen molar-refractivity contribution in [2.24, 2.45) is 0 Å². The van der Waals surface area contributed by atoms with E-state index >= 15 is 0 Å². The van der Waals surface area contributed by atoms with Crippen LogP contribution in [0, 0.1) is 13.8 Å². The number of ether oxygens (including phenoxy) is 1. The predicted molar refractivity (Wildman–Crippen MR) is 76.5 cm³/mol. The lowest BCUT2D eigenvalue weighted by Gasteiger charge is -2.21. The van der Waals surface area contributed by atoms with Crippen molar-refractivity contribution in [1.82, 2.24) is 25.1 Å². The summed E-state index contributed by atoms with van der Waals surface area (Å²) in [6, 6.07) is 0.214. The van der Waals surface area contributed by atoms with E-state index in [1.807, 2.05) is 12.4 Å². The fourth-order valence-corrected chi connectivity index (χ4v) is 3.45. The zero-order valence-corrected chi connectivity index (χ0v) is 12.8. The molecule has 1 N–H and O–H groups in total. The number of methoxy groups -OCH3 is 1. The highest BCUT2D eigenvalue weighted by Gasteiger charge is 2.35. The Kier molecular flexibility index (Phi) is 3.82. The third-order valence-electron chi connectivity index (χ3n) is 3.80. The molecule has 0 aliphatic carbocycles. The third-order valence-corrected chi connectivity index (χ3v) is 4.72. The second-order valence-electron chi connectivity index (χ2n) is 5.18. The minimum absolute atomic E-state index is 0.214. The van der Waals surface area contributed by atoms with Gasteiger partial charge in [0.25, 0.3) is 0 Å². The second kappa shape index (κ2) is 5.59. The number of rotatable bonds is 4. The summed E-state index contributed by atoms with van der Waals surface area (Å²) in [5.41, 5.74) is 3.02. The topological polar surface area (TPSA) is 66.9 Å². The van der Waals surface area contributed by atoms with Crippen LogP contribution in [0.25, 0.3) is 0 Å². The van der Waals surface area contributed by atoms with Crippen LogP contribution in [0.2, 0.25) is 0 Å². The molecule has 0 bridgehead atoms. The first-order chi connectivity index (χ1) is 9.67. The van der Waals surface area contributed by atoms with Crippen LogP contribution in [0.1, 0.15) is 34.7 Å². The molecule has 0 radical (unpaired) electrons. The van der Waals surface area contributed by atoms with Gasteiger partial charge in [-0.05, 0) is 20.3 Å². The fraction of sp³-hybridized carbons (Fsp3) is 0.615. The number of aromatic amines is 1. The maximum atomic E-state index is 5.53. The van der Waals surface area contributed by atoms with Crippen LogP contribution in [0.4, 0.5) is 0 Å². The quantitative estimate of drug-likeness (QED) is 0.931. The molecule has 2 atom stereocenters. The van der Waals surface area contributed by atoms with Crippen molar-refractivity contribution in [3.63, 3.8) is 0 Å². The second-order valence-corrected chi connectivity index (χ2v) is 6.12. The maximum absolute atomic E-state index is 5.53. The number of hydrogen-bond donors (Lipinski definition) is 1. The number of nitrogens with one attached hydrogen (secondary N) is 1. The minimum Gasteiger partial charge on any atom is -0.380 e. The first kappa shape index (κ1) is 13.7. The molecule has 20 heavy (non-hydrogen) atoms. The van der Waals surface area contributed by atoms with Gasteiger partial charge in [-0.3, -0.25) is 10.00 Å². The zero-order chi connectivity index (χ0) is 14.1. The Morgan fingerprint density at radius 1 is 1.50 bits per heavy atom. The number of likely N-dealkylation sites (tertiary alicyclic amines) is 1. The monoisotopic (exact) mass is 293 g/mol. The molecular weight excluding hydrogens is 274 g/mol. The average Bonchev–Trinajstić information content (AvgIpc) is 3.12. The standard InChI is InChI=1S/C13H19N5OS/c1-8-12(20-7-14-8)6-18-5-10(19-3)4-11(18)13-15-9(2)16-17-13/h7,10-11H,4-6H2,1-3H3,(H,15,16,17)/t10-,11-/m0/s1. The van der Waals surface area contributed by atoms with Crippen LogP contribution in [-0.2, 0) is 11.3 Å². The largest absolute Gasteiger partial charge is 0.380 e. The molecule has 0 unspecified atom stereocenters. The first-order valence-corrected chi connectivity index (χ1v) is 7.60. The lowest BCUT2D eigenvalue weighted by molar-refractivity contribution is 0.107. The summed E-state index contributed by atoms with van der Waals surface area (Å²) in [7, 11) is 1.77. The van der Waals surface area contributed by atoms with E-state index in [2.05, 4.69) is 32.0 Å². The molecule has 0 spiro atoms. The summed E-state index contributed by atoms with van der Waals surface area (Å²) in [6.45, 7) is 5.78. The SMILES string of the molecule is CO[C@H]1C[C@@H](c2n[nH]c(C)n2)N(Cc2scnc2C)C1. The Bertz CT molecular complexity index is 581. The van der Waals surface area contributed by atoms with E-state index in [0.717, 1.165) is 36.9 Å². The molecule has 1 aliphatic rings. The van der Waals surface area contributed by atoms with Crippen molar-refractivity contribution in [2.75, 3.05) is 13.7 Å². The number of aryl methyl sites for hydroxylation is 2. The van der Waals surface area contributed by atoms with Gasteiger partial charge in [0.15, 0.2) is 5.82 Å². The highest BCUT2D eigenvalue weighted by Crippen LogP contribution is 2.33. The summed E-state index contributed by atoms with van der Waals surface area (Å²) in [6.07, 6.45) is 1.18. The normalized spacial score (nSPS) is 23.6. The summed E-state index contributed by atoms with van der Waals surface area (Å²) >= 11 is 1.71. The van der Waals surface area contributed by atoms with E-state index in [-0.39, 0.29) is 12.1 Å². The molecular formula is C13H19N5OS. The Balaban J connectivity index is 1.81. The number of nitrogens with zero attached hydrogens (tertiary/aromatic N) is 4. The summed E-state index contributed by atoms with van der Waals surface area (Å²) in [4.78, 5) is 12.5. The van der Waals surface area contributed by atoms with Crippen LogP contribution in [0.5, 0.6) is 0 Å². The van der Waals surface area contributed by atoms with Crippen LogP contribution < -0.4 is 0 Å². The van der Waals surface area contributed by atoms with E-state index in [9.17, 15) is 0 Å². The van der Waals surface area contributed by atoms with Gasteiger partial charge in [-0.25, -0.2) is 9.97 Å². The fourth-order valence-electron chi connectivity index (χ4n) is 2.65. The van der Waals surface area contributed by atoms with E-state index in [0.29, 0.717) is 0 Å². The number of H-pyrrole nitrogens is 1. The Morgan fingerprint density at radius 3 is 2.95 bits per heavy atom. The predicted octanol–water partition coefficient (Wildman–Crippen LogP) is 1.84. The van der Waals surface area contributed by atoms with E-state index in [1.165, 1.54) is 4.88 Å². The maximum Gasteiger partial charge on any atom is 0.167 e. The number of hydrogen-bond acceptors (Lipinski definition) is 6. The van der Waals surface area contributed by atoms with Gasteiger partial charge in [0.05, 0.1) is 23.4 Å². The zero-order valence-electron chi connectivity index (χ0n) is 12.0. The molecule has 1 saturated heterocycles. The van der Waals surface area contributed by atoms with Gasteiger partial charge >= 0.3 is 0 Å². The van der Waals surface area contributed by atoms with Gasteiger partial charge in [-0.1, -0.05) is 0 Å². The van der Waals surface area contributed by atoms with E-state index in [1.54, 1.807) is 18.4 Å². The molecule has 6 nitrogen and oxygen atoms in total. The molecule has 0 aromatic carbocycles.